The highest BCUT2D eigenvalue weighted by molar-refractivity contribution is 5.77. The van der Waals surface area contributed by atoms with Crippen molar-refractivity contribution in [1.82, 2.24) is 0 Å². The van der Waals surface area contributed by atoms with Crippen LogP contribution in [-0.4, -0.2) is 12.4 Å². The number of carbonyl (C=O) groups excluding carboxylic acids is 1. The van der Waals surface area contributed by atoms with E-state index >= 15 is 0 Å². The minimum absolute atomic E-state index is 0.00761. The minimum atomic E-state index is -0.00761. The summed E-state index contributed by atoms with van der Waals surface area (Å²) in [6, 6.07) is 0. The van der Waals surface area contributed by atoms with E-state index in [1.807, 2.05) is 18.4 Å². The predicted octanol–water partition coefficient (Wildman–Crippen LogP) is 7.70. The standard InChI is InChI=1S/C24H42O2/c1-4-7-10-12-14-16-18-23(22-25)21-24(19-9-6-3)26-20-17-15-13-11-8-5-2/h16-18,20-22,24H,4-15,19H2,1-3H3. The highest BCUT2D eigenvalue weighted by Crippen LogP contribution is 2.12. The summed E-state index contributed by atoms with van der Waals surface area (Å²) in [5, 5.41) is 0. The van der Waals surface area contributed by atoms with Crippen molar-refractivity contribution in [2.75, 3.05) is 0 Å². The largest absolute Gasteiger partial charge is 0.494 e. The number of allylic oxidation sites excluding steroid dienone is 4. The van der Waals surface area contributed by atoms with Gasteiger partial charge in [0.05, 0.1) is 6.26 Å². The van der Waals surface area contributed by atoms with Gasteiger partial charge in [-0.15, -0.1) is 0 Å². The first kappa shape index (κ1) is 24.7. The SMILES string of the molecule is CCCCCCC=COC(C=C(C=O)C=CCCCCCC)CCCC. The van der Waals surface area contributed by atoms with Gasteiger partial charge in [0.15, 0.2) is 0 Å². The molecule has 1 atom stereocenters. The average Bonchev–Trinajstić information content (AvgIpc) is 2.66. The molecular weight excluding hydrogens is 320 g/mol. The van der Waals surface area contributed by atoms with Crippen LogP contribution < -0.4 is 0 Å². The highest BCUT2D eigenvalue weighted by Gasteiger charge is 2.05. The van der Waals surface area contributed by atoms with Gasteiger partial charge in [0.25, 0.3) is 0 Å². The van der Waals surface area contributed by atoms with E-state index in [0.29, 0.717) is 0 Å². The van der Waals surface area contributed by atoms with Crippen LogP contribution in [0.25, 0.3) is 0 Å². The smallest absolute Gasteiger partial charge is 0.149 e. The molecular formula is C24H42O2. The van der Waals surface area contributed by atoms with Crippen molar-refractivity contribution < 1.29 is 9.53 Å². The van der Waals surface area contributed by atoms with Gasteiger partial charge in [0.2, 0.25) is 0 Å². The van der Waals surface area contributed by atoms with Crippen LogP contribution in [-0.2, 0) is 9.53 Å². The number of aldehydes is 1. The Kier molecular flexibility index (Phi) is 19.0. The summed E-state index contributed by atoms with van der Waals surface area (Å²) in [4.78, 5) is 11.4. The summed E-state index contributed by atoms with van der Waals surface area (Å²) in [7, 11) is 0. The quantitative estimate of drug-likeness (QED) is 0.0820. The Balaban J connectivity index is 4.41. The lowest BCUT2D eigenvalue weighted by molar-refractivity contribution is -0.104. The van der Waals surface area contributed by atoms with Gasteiger partial charge >= 0.3 is 0 Å². The molecule has 2 nitrogen and oxygen atoms in total. The molecule has 0 radical (unpaired) electrons. The number of ether oxygens (including phenoxy) is 1. The second kappa shape index (κ2) is 20.0. The molecule has 0 fully saturated rings. The van der Waals surface area contributed by atoms with Crippen LogP contribution in [0.3, 0.4) is 0 Å². The number of unbranched alkanes of at least 4 members (excludes halogenated alkanes) is 9. The van der Waals surface area contributed by atoms with Crippen molar-refractivity contribution in [2.45, 2.75) is 110 Å². The maximum Gasteiger partial charge on any atom is 0.149 e. The second-order valence-electron chi connectivity index (χ2n) is 7.07. The van der Waals surface area contributed by atoms with Gasteiger partial charge in [-0.2, -0.15) is 0 Å². The van der Waals surface area contributed by atoms with Crippen LogP contribution in [0.2, 0.25) is 0 Å². The molecule has 0 N–H and O–H groups in total. The van der Waals surface area contributed by atoms with Gasteiger partial charge in [-0.1, -0.05) is 77.9 Å². The van der Waals surface area contributed by atoms with E-state index in [1.165, 1.54) is 51.4 Å². The van der Waals surface area contributed by atoms with Gasteiger partial charge in [-0.05, 0) is 50.7 Å². The fourth-order valence-electron chi connectivity index (χ4n) is 2.77. The first-order valence-electron chi connectivity index (χ1n) is 10.9. The number of hydrogen-bond donors (Lipinski definition) is 0. The second-order valence-corrected chi connectivity index (χ2v) is 7.07. The number of hydrogen-bond acceptors (Lipinski definition) is 2. The summed E-state index contributed by atoms with van der Waals surface area (Å²) in [5.74, 6) is 0. The molecule has 0 aromatic rings. The molecule has 0 aliphatic carbocycles. The summed E-state index contributed by atoms with van der Waals surface area (Å²) >= 11 is 0. The van der Waals surface area contributed by atoms with Crippen molar-refractivity contribution in [3.05, 3.63) is 36.1 Å². The third-order valence-electron chi connectivity index (χ3n) is 4.47. The topological polar surface area (TPSA) is 26.3 Å². The van der Waals surface area contributed by atoms with Gasteiger partial charge < -0.3 is 4.74 Å². The Morgan fingerprint density at radius 1 is 0.808 bits per heavy atom. The predicted molar refractivity (Wildman–Crippen MR) is 114 cm³/mol. The molecule has 0 rings (SSSR count). The molecule has 0 amide bonds. The van der Waals surface area contributed by atoms with Crippen LogP contribution in [0, 0.1) is 0 Å². The Morgan fingerprint density at radius 3 is 2.00 bits per heavy atom. The number of rotatable bonds is 18. The third-order valence-corrected chi connectivity index (χ3v) is 4.47. The summed E-state index contributed by atoms with van der Waals surface area (Å²) < 4.78 is 5.89. The first-order valence-corrected chi connectivity index (χ1v) is 10.9. The Hall–Kier alpha value is -1.31. The zero-order valence-electron chi connectivity index (χ0n) is 17.6. The average molecular weight is 363 g/mol. The summed E-state index contributed by atoms with van der Waals surface area (Å²) in [6.07, 6.45) is 26.4. The first-order chi connectivity index (χ1) is 12.8. The molecule has 0 aromatic heterocycles. The Labute approximate surface area is 162 Å². The van der Waals surface area contributed by atoms with Crippen molar-refractivity contribution in [3.63, 3.8) is 0 Å². The maximum atomic E-state index is 11.4. The zero-order chi connectivity index (χ0) is 19.3. The molecule has 1 unspecified atom stereocenters. The van der Waals surface area contributed by atoms with E-state index in [1.54, 1.807) is 0 Å². The summed E-state index contributed by atoms with van der Waals surface area (Å²) in [6.45, 7) is 6.63. The summed E-state index contributed by atoms with van der Waals surface area (Å²) in [5.41, 5.74) is 0.734. The van der Waals surface area contributed by atoms with Gasteiger partial charge in [-0.3, -0.25) is 4.79 Å². The van der Waals surface area contributed by atoms with E-state index in [4.69, 9.17) is 4.74 Å². The van der Waals surface area contributed by atoms with E-state index in [2.05, 4.69) is 32.9 Å². The fourth-order valence-corrected chi connectivity index (χ4v) is 2.77. The number of carbonyl (C=O) groups is 1. The van der Waals surface area contributed by atoms with Gasteiger partial charge in [-0.25, -0.2) is 0 Å². The molecule has 0 aliphatic heterocycles. The molecule has 0 saturated heterocycles. The Bertz CT molecular complexity index is 393. The molecule has 2 heteroatoms. The van der Waals surface area contributed by atoms with E-state index in [9.17, 15) is 4.79 Å². The lowest BCUT2D eigenvalue weighted by Crippen LogP contribution is -2.07. The maximum absolute atomic E-state index is 11.4. The molecule has 0 aliphatic rings. The lowest BCUT2D eigenvalue weighted by atomic mass is 10.1. The molecule has 150 valence electrons. The molecule has 0 bridgehead atoms. The zero-order valence-corrected chi connectivity index (χ0v) is 17.6. The molecule has 0 heterocycles. The van der Waals surface area contributed by atoms with Gasteiger partial charge in [0, 0.05) is 5.57 Å². The minimum Gasteiger partial charge on any atom is -0.494 e. The van der Waals surface area contributed by atoms with Gasteiger partial charge in [0.1, 0.15) is 12.4 Å². The third kappa shape index (κ3) is 16.2. The highest BCUT2D eigenvalue weighted by atomic mass is 16.5. The monoisotopic (exact) mass is 362 g/mol. The van der Waals surface area contributed by atoms with Crippen LogP contribution in [0.4, 0.5) is 0 Å². The van der Waals surface area contributed by atoms with Crippen LogP contribution in [0.1, 0.15) is 104 Å². The van der Waals surface area contributed by atoms with Crippen molar-refractivity contribution in [1.29, 1.82) is 0 Å². The van der Waals surface area contributed by atoms with Crippen LogP contribution in [0.15, 0.2) is 36.1 Å². The lowest BCUT2D eigenvalue weighted by Gasteiger charge is -2.13. The van der Waals surface area contributed by atoms with Crippen molar-refractivity contribution in [2.24, 2.45) is 0 Å². The molecule has 0 saturated carbocycles. The molecule has 0 aromatic carbocycles. The van der Waals surface area contributed by atoms with E-state index < -0.39 is 0 Å². The van der Waals surface area contributed by atoms with E-state index in [-0.39, 0.29) is 6.10 Å². The van der Waals surface area contributed by atoms with Crippen molar-refractivity contribution in [3.8, 4) is 0 Å². The van der Waals surface area contributed by atoms with Crippen LogP contribution >= 0.6 is 0 Å². The molecule has 26 heavy (non-hydrogen) atoms. The molecule has 0 spiro atoms. The normalized spacial score (nSPS) is 13.6. The van der Waals surface area contributed by atoms with E-state index in [0.717, 1.165) is 44.0 Å². The fraction of sp³-hybridized carbons (Fsp3) is 0.708. The Morgan fingerprint density at radius 2 is 1.42 bits per heavy atom. The van der Waals surface area contributed by atoms with Crippen molar-refractivity contribution >= 4 is 6.29 Å². The van der Waals surface area contributed by atoms with Crippen LogP contribution in [0.5, 0.6) is 0 Å².